The Morgan fingerprint density at radius 2 is 1.63 bits per heavy atom. The fraction of sp³-hybridized carbons (Fsp3) is 0.321. The van der Waals surface area contributed by atoms with Crippen molar-refractivity contribution in [3.63, 3.8) is 0 Å². The predicted octanol–water partition coefficient (Wildman–Crippen LogP) is 5.03. The van der Waals surface area contributed by atoms with Crippen LogP contribution in [0.15, 0.2) is 77.7 Å². The summed E-state index contributed by atoms with van der Waals surface area (Å²) < 4.78 is 33.7. The van der Waals surface area contributed by atoms with Crippen LogP contribution < -0.4 is 14.4 Å². The molecule has 0 saturated carbocycles. The molecule has 1 amide bonds. The van der Waals surface area contributed by atoms with Crippen molar-refractivity contribution in [1.82, 2.24) is 5.32 Å². The van der Waals surface area contributed by atoms with Gasteiger partial charge in [-0.3, -0.25) is 9.10 Å². The Bertz CT molecular complexity index is 1220. The minimum Gasteiger partial charge on any atom is -0.491 e. The van der Waals surface area contributed by atoms with Crippen LogP contribution in [0.4, 0.5) is 5.69 Å². The fourth-order valence-corrected chi connectivity index (χ4v) is 5.06. The lowest BCUT2D eigenvalue weighted by Gasteiger charge is -2.24. The average Bonchev–Trinajstić information content (AvgIpc) is 2.81. The molecular formula is C28H34N2O4S. The SMILES string of the molecule is Cc1ccc(S(=O)(=O)N(CC(=O)NCCCc2ccc(OC(C)C)cc2)c2cccc(C)c2)cc1. The van der Waals surface area contributed by atoms with Crippen LogP contribution in [-0.2, 0) is 21.2 Å². The van der Waals surface area contributed by atoms with Crippen molar-refractivity contribution in [3.8, 4) is 5.75 Å². The molecule has 0 bridgehead atoms. The predicted molar refractivity (Wildman–Crippen MR) is 140 cm³/mol. The number of hydrogen-bond acceptors (Lipinski definition) is 4. The van der Waals surface area contributed by atoms with Gasteiger partial charge in [0, 0.05) is 6.54 Å². The van der Waals surface area contributed by atoms with Gasteiger partial charge in [-0.05, 0) is 88.1 Å². The summed E-state index contributed by atoms with van der Waals surface area (Å²) in [5.41, 5.74) is 3.49. The molecule has 0 aliphatic heterocycles. The Kier molecular flexibility index (Phi) is 8.93. The molecule has 3 aromatic carbocycles. The Labute approximate surface area is 209 Å². The Hall–Kier alpha value is -3.32. The van der Waals surface area contributed by atoms with Gasteiger partial charge in [0.25, 0.3) is 10.0 Å². The van der Waals surface area contributed by atoms with Crippen LogP contribution in [-0.4, -0.2) is 33.5 Å². The largest absolute Gasteiger partial charge is 0.491 e. The van der Waals surface area contributed by atoms with Crippen LogP contribution in [0.5, 0.6) is 5.75 Å². The summed E-state index contributed by atoms with van der Waals surface area (Å²) in [4.78, 5) is 12.9. The molecule has 0 radical (unpaired) electrons. The van der Waals surface area contributed by atoms with E-state index in [1.807, 2.05) is 58.0 Å². The van der Waals surface area contributed by atoms with E-state index < -0.39 is 10.0 Å². The highest BCUT2D eigenvalue weighted by Crippen LogP contribution is 2.24. The molecule has 3 rings (SSSR count). The van der Waals surface area contributed by atoms with Crippen molar-refractivity contribution in [1.29, 1.82) is 0 Å². The molecule has 1 N–H and O–H groups in total. The second-order valence-electron chi connectivity index (χ2n) is 8.93. The quantitative estimate of drug-likeness (QED) is 0.379. The van der Waals surface area contributed by atoms with Crippen LogP contribution in [0.2, 0.25) is 0 Å². The molecule has 0 spiro atoms. The molecule has 0 heterocycles. The number of amides is 1. The number of nitrogens with one attached hydrogen (secondary N) is 1. The molecule has 35 heavy (non-hydrogen) atoms. The highest BCUT2D eigenvalue weighted by Gasteiger charge is 2.27. The standard InChI is InChI=1S/C28H34N2O4S/c1-21(2)34-26-14-12-24(13-15-26)8-6-18-29-28(31)20-30(25-9-5-7-23(4)19-25)35(32,33)27-16-10-22(3)11-17-27/h5,7,9-17,19,21H,6,8,18,20H2,1-4H3,(H,29,31). The zero-order valence-electron chi connectivity index (χ0n) is 20.8. The normalized spacial score (nSPS) is 11.3. The molecule has 6 nitrogen and oxygen atoms in total. The van der Waals surface area contributed by atoms with Gasteiger partial charge in [0.05, 0.1) is 16.7 Å². The lowest BCUT2D eigenvalue weighted by Crippen LogP contribution is -2.41. The third kappa shape index (κ3) is 7.59. The van der Waals surface area contributed by atoms with Crippen LogP contribution >= 0.6 is 0 Å². The maximum Gasteiger partial charge on any atom is 0.264 e. The zero-order chi connectivity index (χ0) is 25.4. The number of benzene rings is 3. The highest BCUT2D eigenvalue weighted by atomic mass is 32.2. The van der Waals surface area contributed by atoms with Crippen molar-refractivity contribution in [2.45, 2.75) is 51.5 Å². The number of anilines is 1. The molecule has 0 unspecified atom stereocenters. The van der Waals surface area contributed by atoms with Crippen molar-refractivity contribution >= 4 is 21.6 Å². The summed E-state index contributed by atoms with van der Waals surface area (Å²) in [6.07, 6.45) is 1.67. The fourth-order valence-electron chi connectivity index (χ4n) is 3.65. The van der Waals surface area contributed by atoms with Gasteiger partial charge in [-0.2, -0.15) is 0 Å². The number of ether oxygens (including phenoxy) is 1. The Morgan fingerprint density at radius 1 is 0.943 bits per heavy atom. The molecule has 0 saturated heterocycles. The average molecular weight is 495 g/mol. The summed E-state index contributed by atoms with van der Waals surface area (Å²) in [6.45, 7) is 7.93. The third-order valence-electron chi connectivity index (χ3n) is 5.45. The molecule has 0 atom stereocenters. The first-order valence-electron chi connectivity index (χ1n) is 11.8. The van der Waals surface area contributed by atoms with Gasteiger partial charge in [-0.15, -0.1) is 0 Å². The maximum absolute atomic E-state index is 13.4. The van der Waals surface area contributed by atoms with Crippen molar-refractivity contribution in [2.75, 3.05) is 17.4 Å². The number of hydrogen-bond donors (Lipinski definition) is 1. The zero-order valence-corrected chi connectivity index (χ0v) is 21.6. The lowest BCUT2D eigenvalue weighted by atomic mass is 10.1. The van der Waals surface area contributed by atoms with Gasteiger partial charge in [0.2, 0.25) is 5.91 Å². The highest BCUT2D eigenvalue weighted by molar-refractivity contribution is 7.92. The molecule has 0 aromatic heterocycles. The lowest BCUT2D eigenvalue weighted by molar-refractivity contribution is -0.119. The third-order valence-corrected chi connectivity index (χ3v) is 7.23. The number of aryl methyl sites for hydroxylation is 3. The second-order valence-corrected chi connectivity index (χ2v) is 10.8. The van der Waals surface area contributed by atoms with Crippen LogP contribution in [0.25, 0.3) is 0 Å². The Morgan fingerprint density at radius 3 is 2.26 bits per heavy atom. The van der Waals surface area contributed by atoms with Gasteiger partial charge in [0.15, 0.2) is 0 Å². The summed E-state index contributed by atoms with van der Waals surface area (Å²) in [6, 6.07) is 21.7. The van der Waals surface area contributed by atoms with Crippen molar-refractivity contribution in [2.24, 2.45) is 0 Å². The smallest absolute Gasteiger partial charge is 0.264 e. The van der Waals surface area contributed by atoms with E-state index in [2.05, 4.69) is 5.32 Å². The summed E-state index contributed by atoms with van der Waals surface area (Å²) in [7, 11) is -3.91. The van der Waals surface area contributed by atoms with Gasteiger partial charge in [-0.1, -0.05) is 42.0 Å². The van der Waals surface area contributed by atoms with E-state index in [0.29, 0.717) is 12.2 Å². The van der Waals surface area contributed by atoms with E-state index in [4.69, 9.17) is 4.74 Å². The van der Waals surface area contributed by atoms with Gasteiger partial charge in [0.1, 0.15) is 12.3 Å². The molecule has 0 fully saturated rings. The number of carbonyl (C=O) groups is 1. The van der Waals surface area contributed by atoms with Gasteiger partial charge < -0.3 is 10.1 Å². The van der Waals surface area contributed by atoms with Crippen molar-refractivity contribution in [3.05, 3.63) is 89.5 Å². The maximum atomic E-state index is 13.4. The molecule has 0 aliphatic carbocycles. The van der Waals surface area contributed by atoms with Gasteiger partial charge in [-0.25, -0.2) is 8.42 Å². The monoisotopic (exact) mass is 494 g/mol. The van der Waals surface area contributed by atoms with Crippen molar-refractivity contribution < 1.29 is 17.9 Å². The van der Waals surface area contributed by atoms with E-state index in [-0.39, 0.29) is 23.5 Å². The number of carbonyl (C=O) groups excluding carboxylic acids is 1. The summed E-state index contributed by atoms with van der Waals surface area (Å²) in [5, 5.41) is 2.87. The number of nitrogens with zero attached hydrogens (tertiary/aromatic N) is 1. The summed E-state index contributed by atoms with van der Waals surface area (Å²) in [5.74, 6) is 0.492. The first-order chi connectivity index (χ1) is 16.6. The molecule has 3 aromatic rings. The van der Waals surface area contributed by atoms with Crippen LogP contribution in [0, 0.1) is 13.8 Å². The topological polar surface area (TPSA) is 75.7 Å². The van der Waals surface area contributed by atoms with E-state index in [9.17, 15) is 13.2 Å². The summed E-state index contributed by atoms with van der Waals surface area (Å²) >= 11 is 0. The molecular weight excluding hydrogens is 460 g/mol. The van der Waals surface area contributed by atoms with Crippen LogP contribution in [0.3, 0.4) is 0 Å². The number of sulfonamides is 1. The molecule has 0 aliphatic rings. The molecule has 186 valence electrons. The second kappa shape index (κ2) is 11.9. The van der Waals surface area contributed by atoms with E-state index >= 15 is 0 Å². The molecule has 7 heteroatoms. The Balaban J connectivity index is 1.63. The minimum atomic E-state index is -3.91. The van der Waals surface area contributed by atoms with Gasteiger partial charge >= 0.3 is 0 Å². The first kappa shape index (κ1) is 26.3. The minimum absolute atomic E-state index is 0.130. The van der Waals surface area contributed by atoms with E-state index in [0.717, 1.165) is 35.3 Å². The van der Waals surface area contributed by atoms with E-state index in [1.165, 1.54) is 4.31 Å². The van der Waals surface area contributed by atoms with E-state index in [1.54, 1.807) is 42.5 Å². The van der Waals surface area contributed by atoms with Crippen LogP contribution in [0.1, 0.15) is 37.0 Å². The number of rotatable bonds is 11. The first-order valence-corrected chi connectivity index (χ1v) is 13.3.